The molecular formula is C11H17ClN2O. The quantitative estimate of drug-likeness (QED) is 0.843. The van der Waals surface area contributed by atoms with Crippen molar-refractivity contribution in [3.05, 3.63) is 22.8 Å². The summed E-state index contributed by atoms with van der Waals surface area (Å²) in [5.41, 5.74) is 6.28. The van der Waals surface area contributed by atoms with E-state index in [9.17, 15) is 0 Å². The molecule has 0 aromatic carbocycles. The molecule has 3 nitrogen and oxygen atoms in total. The van der Waals surface area contributed by atoms with E-state index in [-0.39, 0.29) is 6.10 Å². The summed E-state index contributed by atoms with van der Waals surface area (Å²) in [6, 6.07) is 3.42. The van der Waals surface area contributed by atoms with E-state index < -0.39 is 0 Å². The summed E-state index contributed by atoms with van der Waals surface area (Å²) in [6.45, 7) is 4.60. The minimum atomic E-state index is 0.231. The van der Waals surface area contributed by atoms with Crippen LogP contribution in [0.5, 0.6) is 0 Å². The molecule has 0 saturated carbocycles. The Labute approximate surface area is 95.6 Å². The first-order valence-corrected chi connectivity index (χ1v) is 5.53. The van der Waals surface area contributed by atoms with Crippen molar-refractivity contribution < 1.29 is 4.74 Å². The largest absolute Gasteiger partial charge is 0.384 e. The predicted octanol–water partition coefficient (Wildman–Crippen LogP) is 3.02. The molecule has 1 aromatic heterocycles. The molecule has 0 amide bonds. The molecule has 0 aliphatic heterocycles. The van der Waals surface area contributed by atoms with Crippen LogP contribution in [0.4, 0.5) is 5.82 Å². The van der Waals surface area contributed by atoms with Gasteiger partial charge < -0.3 is 10.5 Å². The number of pyridine rings is 1. The van der Waals surface area contributed by atoms with Crippen LogP contribution in [0.3, 0.4) is 0 Å². The maximum absolute atomic E-state index is 5.96. The molecule has 1 unspecified atom stereocenters. The van der Waals surface area contributed by atoms with Gasteiger partial charge >= 0.3 is 0 Å². The number of nitrogen functional groups attached to an aromatic ring is 1. The number of aromatic nitrogens is 1. The number of hydrogen-bond donors (Lipinski definition) is 1. The summed E-state index contributed by atoms with van der Waals surface area (Å²) < 4.78 is 5.60. The van der Waals surface area contributed by atoms with Crippen molar-refractivity contribution in [2.75, 3.05) is 5.73 Å². The summed E-state index contributed by atoms with van der Waals surface area (Å²) >= 11 is 5.96. The second-order valence-electron chi connectivity index (χ2n) is 3.57. The number of nitrogens with two attached hydrogens (primary N) is 1. The van der Waals surface area contributed by atoms with Gasteiger partial charge in [-0.05, 0) is 25.5 Å². The first-order valence-electron chi connectivity index (χ1n) is 5.16. The van der Waals surface area contributed by atoms with Gasteiger partial charge in [0.1, 0.15) is 5.82 Å². The summed E-state index contributed by atoms with van der Waals surface area (Å²) in [7, 11) is 0. The molecule has 0 bridgehead atoms. The fraction of sp³-hybridized carbons (Fsp3) is 0.545. The minimum Gasteiger partial charge on any atom is -0.384 e. The molecule has 0 aliphatic carbocycles. The van der Waals surface area contributed by atoms with E-state index in [1.54, 1.807) is 12.1 Å². The first-order chi connectivity index (χ1) is 7.13. The van der Waals surface area contributed by atoms with Gasteiger partial charge in [-0.1, -0.05) is 24.9 Å². The van der Waals surface area contributed by atoms with Crippen LogP contribution in [0.1, 0.15) is 32.4 Å². The Bertz CT molecular complexity index is 317. The van der Waals surface area contributed by atoms with E-state index in [4.69, 9.17) is 22.1 Å². The highest BCUT2D eigenvalue weighted by Gasteiger charge is 2.06. The van der Waals surface area contributed by atoms with Crippen LogP contribution in [0.15, 0.2) is 12.1 Å². The zero-order valence-corrected chi connectivity index (χ0v) is 9.92. The number of rotatable bonds is 5. The zero-order chi connectivity index (χ0) is 11.3. The first kappa shape index (κ1) is 12.3. The second kappa shape index (κ2) is 5.93. The Hall–Kier alpha value is -0.800. The van der Waals surface area contributed by atoms with Crippen LogP contribution in [0.25, 0.3) is 0 Å². The molecular weight excluding hydrogens is 212 g/mol. The molecule has 0 saturated heterocycles. The number of halogens is 1. The Morgan fingerprint density at radius 1 is 1.53 bits per heavy atom. The standard InChI is InChI=1S/C11H17ClN2O/c1-3-4-8(2)15-7-10-9(12)5-6-11(13)14-10/h5-6,8H,3-4,7H2,1-2H3,(H2,13,14). The van der Waals surface area contributed by atoms with Crippen molar-refractivity contribution in [2.45, 2.75) is 39.4 Å². The van der Waals surface area contributed by atoms with Crippen LogP contribution >= 0.6 is 11.6 Å². The molecule has 1 heterocycles. The predicted molar refractivity (Wildman–Crippen MR) is 62.8 cm³/mol. The van der Waals surface area contributed by atoms with Crippen molar-refractivity contribution in [3.8, 4) is 0 Å². The Morgan fingerprint density at radius 3 is 2.93 bits per heavy atom. The van der Waals surface area contributed by atoms with Crippen LogP contribution in [-0.2, 0) is 11.3 Å². The van der Waals surface area contributed by atoms with E-state index in [0.29, 0.717) is 23.1 Å². The van der Waals surface area contributed by atoms with Crippen molar-refractivity contribution in [2.24, 2.45) is 0 Å². The smallest absolute Gasteiger partial charge is 0.123 e. The number of nitrogens with zero attached hydrogens (tertiary/aromatic N) is 1. The van der Waals surface area contributed by atoms with E-state index in [1.807, 2.05) is 6.92 Å². The maximum atomic E-state index is 5.96. The molecule has 2 N–H and O–H groups in total. The lowest BCUT2D eigenvalue weighted by molar-refractivity contribution is 0.0454. The van der Waals surface area contributed by atoms with Gasteiger partial charge in [0.2, 0.25) is 0 Å². The van der Waals surface area contributed by atoms with Crippen LogP contribution in [0, 0.1) is 0 Å². The SMILES string of the molecule is CCCC(C)OCc1nc(N)ccc1Cl. The van der Waals surface area contributed by atoms with Gasteiger partial charge in [0.25, 0.3) is 0 Å². The second-order valence-corrected chi connectivity index (χ2v) is 3.98. The molecule has 84 valence electrons. The van der Waals surface area contributed by atoms with Gasteiger partial charge in [-0.3, -0.25) is 0 Å². The average molecular weight is 229 g/mol. The molecule has 1 atom stereocenters. The van der Waals surface area contributed by atoms with Gasteiger partial charge in [-0.25, -0.2) is 4.98 Å². The molecule has 0 radical (unpaired) electrons. The van der Waals surface area contributed by atoms with Gasteiger partial charge in [0.15, 0.2) is 0 Å². The van der Waals surface area contributed by atoms with Gasteiger partial charge in [0.05, 0.1) is 23.4 Å². The van der Waals surface area contributed by atoms with Gasteiger partial charge in [0, 0.05) is 0 Å². The van der Waals surface area contributed by atoms with Crippen molar-refractivity contribution in [3.63, 3.8) is 0 Å². The highest BCUT2D eigenvalue weighted by Crippen LogP contribution is 2.17. The molecule has 0 aliphatic rings. The monoisotopic (exact) mass is 228 g/mol. The van der Waals surface area contributed by atoms with E-state index in [1.165, 1.54) is 0 Å². The third-order valence-corrected chi connectivity index (χ3v) is 2.48. The lowest BCUT2D eigenvalue weighted by Crippen LogP contribution is -2.09. The summed E-state index contributed by atoms with van der Waals surface area (Å²) in [6.07, 6.45) is 2.38. The molecule has 1 rings (SSSR count). The Kier molecular flexibility index (Phi) is 4.85. The molecule has 0 fully saturated rings. The number of anilines is 1. The van der Waals surface area contributed by atoms with E-state index in [0.717, 1.165) is 12.8 Å². The third-order valence-electron chi connectivity index (χ3n) is 2.14. The summed E-state index contributed by atoms with van der Waals surface area (Å²) in [4.78, 5) is 4.13. The molecule has 1 aromatic rings. The van der Waals surface area contributed by atoms with Crippen LogP contribution in [-0.4, -0.2) is 11.1 Å². The molecule has 0 spiro atoms. The highest BCUT2D eigenvalue weighted by molar-refractivity contribution is 6.31. The minimum absolute atomic E-state index is 0.231. The lowest BCUT2D eigenvalue weighted by Gasteiger charge is -2.12. The van der Waals surface area contributed by atoms with Crippen molar-refractivity contribution >= 4 is 17.4 Å². The normalized spacial score (nSPS) is 12.7. The highest BCUT2D eigenvalue weighted by atomic mass is 35.5. The Morgan fingerprint density at radius 2 is 2.27 bits per heavy atom. The third kappa shape index (κ3) is 4.06. The maximum Gasteiger partial charge on any atom is 0.123 e. The zero-order valence-electron chi connectivity index (χ0n) is 9.16. The molecule has 4 heteroatoms. The van der Waals surface area contributed by atoms with Crippen LogP contribution in [0.2, 0.25) is 5.02 Å². The van der Waals surface area contributed by atoms with Gasteiger partial charge in [-0.15, -0.1) is 0 Å². The summed E-state index contributed by atoms with van der Waals surface area (Å²) in [5, 5.41) is 0.605. The van der Waals surface area contributed by atoms with Crippen molar-refractivity contribution in [1.82, 2.24) is 4.98 Å². The number of hydrogen-bond acceptors (Lipinski definition) is 3. The molecule has 15 heavy (non-hydrogen) atoms. The fourth-order valence-electron chi connectivity index (χ4n) is 1.31. The topological polar surface area (TPSA) is 48.1 Å². The van der Waals surface area contributed by atoms with Gasteiger partial charge in [-0.2, -0.15) is 0 Å². The fourth-order valence-corrected chi connectivity index (χ4v) is 1.47. The van der Waals surface area contributed by atoms with Crippen molar-refractivity contribution in [1.29, 1.82) is 0 Å². The average Bonchev–Trinajstić information content (AvgIpc) is 2.20. The number of ether oxygens (including phenoxy) is 1. The lowest BCUT2D eigenvalue weighted by atomic mass is 10.2. The van der Waals surface area contributed by atoms with E-state index in [2.05, 4.69) is 11.9 Å². The van der Waals surface area contributed by atoms with Crippen LogP contribution < -0.4 is 5.73 Å². The summed E-state index contributed by atoms with van der Waals surface area (Å²) in [5.74, 6) is 0.473. The Balaban J connectivity index is 2.53. The van der Waals surface area contributed by atoms with E-state index >= 15 is 0 Å².